The van der Waals surface area contributed by atoms with Crippen LogP contribution < -0.4 is 9.47 Å². The number of carboxylic acids is 1. The zero-order valence-electron chi connectivity index (χ0n) is 10.3. The van der Waals surface area contributed by atoms with Crippen molar-refractivity contribution in [2.45, 2.75) is 26.4 Å². The Balaban J connectivity index is 3.00. The third-order valence-corrected chi connectivity index (χ3v) is 2.14. The maximum absolute atomic E-state index is 11.0. The summed E-state index contributed by atoms with van der Waals surface area (Å²) in [7, 11) is 0. The topological polar surface area (TPSA) is 79.6 Å². The third-order valence-electron chi connectivity index (χ3n) is 2.14. The van der Waals surface area contributed by atoms with E-state index in [1.54, 1.807) is 13.0 Å². The summed E-state index contributed by atoms with van der Waals surface area (Å²) in [5.41, 5.74) is 0.0148. The molecule has 1 atom stereocenters. The number of rotatable bonds is 6. The number of benzene rings is 1. The van der Waals surface area contributed by atoms with Crippen molar-refractivity contribution in [3.63, 3.8) is 0 Å². The van der Waals surface area contributed by atoms with Crippen molar-refractivity contribution in [2.24, 2.45) is 0 Å². The minimum absolute atomic E-state index is 0.0148. The van der Waals surface area contributed by atoms with E-state index in [0.717, 1.165) is 6.42 Å². The van der Waals surface area contributed by atoms with Gasteiger partial charge in [-0.25, -0.2) is 4.79 Å². The van der Waals surface area contributed by atoms with Gasteiger partial charge < -0.3 is 14.6 Å². The van der Waals surface area contributed by atoms with E-state index in [4.69, 9.17) is 19.8 Å². The normalized spacial score (nSPS) is 11.4. The molecule has 0 aliphatic rings. The van der Waals surface area contributed by atoms with Crippen molar-refractivity contribution in [1.29, 1.82) is 5.26 Å². The van der Waals surface area contributed by atoms with Crippen molar-refractivity contribution >= 4 is 5.97 Å². The quantitative estimate of drug-likeness (QED) is 0.837. The van der Waals surface area contributed by atoms with Crippen LogP contribution in [0.2, 0.25) is 0 Å². The van der Waals surface area contributed by atoms with Crippen molar-refractivity contribution in [1.82, 2.24) is 0 Å². The van der Waals surface area contributed by atoms with E-state index >= 15 is 0 Å². The van der Waals surface area contributed by atoms with E-state index < -0.39 is 12.1 Å². The van der Waals surface area contributed by atoms with Crippen molar-refractivity contribution < 1.29 is 19.4 Å². The SMILES string of the molecule is CCCOc1ccc(C(=O)O)c(OC(C)C#N)c1. The lowest BCUT2D eigenvalue weighted by atomic mass is 10.2. The maximum Gasteiger partial charge on any atom is 0.339 e. The molecule has 0 aliphatic carbocycles. The molecule has 1 unspecified atom stereocenters. The fourth-order valence-corrected chi connectivity index (χ4v) is 1.30. The summed E-state index contributed by atoms with van der Waals surface area (Å²) in [6.45, 7) is 4.06. The lowest BCUT2D eigenvalue weighted by Crippen LogP contribution is -2.12. The van der Waals surface area contributed by atoms with E-state index in [-0.39, 0.29) is 11.3 Å². The molecule has 0 bridgehead atoms. The number of nitrogens with zero attached hydrogens (tertiary/aromatic N) is 1. The molecular formula is C13H15NO4. The van der Waals surface area contributed by atoms with Crippen LogP contribution in [0.25, 0.3) is 0 Å². The Labute approximate surface area is 106 Å². The van der Waals surface area contributed by atoms with Gasteiger partial charge in [-0.05, 0) is 25.5 Å². The Morgan fingerprint density at radius 2 is 2.28 bits per heavy atom. The fraction of sp³-hybridized carbons (Fsp3) is 0.385. The molecule has 0 radical (unpaired) electrons. The van der Waals surface area contributed by atoms with Crippen LogP contribution in [0.5, 0.6) is 11.5 Å². The molecule has 0 spiro atoms. The smallest absolute Gasteiger partial charge is 0.339 e. The summed E-state index contributed by atoms with van der Waals surface area (Å²) in [6.07, 6.45) is 0.135. The predicted molar refractivity (Wildman–Crippen MR) is 64.9 cm³/mol. The lowest BCUT2D eigenvalue weighted by molar-refractivity contribution is 0.0691. The minimum Gasteiger partial charge on any atom is -0.493 e. The molecule has 5 nitrogen and oxygen atoms in total. The van der Waals surface area contributed by atoms with Crippen molar-refractivity contribution in [2.75, 3.05) is 6.61 Å². The van der Waals surface area contributed by atoms with Crippen LogP contribution in [-0.2, 0) is 0 Å². The molecule has 1 aromatic rings. The molecular weight excluding hydrogens is 234 g/mol. The summed E-state index contributed by atoms with van der Waals surface area (Å²) in [5.74, 6) is -0.427. The summed E-state index contributed by atoms with van der Waals surface area (Å²) in [6, 6.07) is 6.36. The highest BCUT2D eigenvalue weighted by Crippen LogP contribution is 2.26. The van der Waals surface area contributed by atoms with E-state index in [0.29, 0.717) is 12.4 Å². The standard InChI is InChI=1S/C13H15NO4/c1-3-6-17-10-4-5-11(13(15)16)12(7-10)18-9(2)8-14/h4-5,7,9H,3,6H2,1-2H3,(H,15,16). The Kier molecular flexibility index (Phi) is 5.00. The van der Waals surface area contributed by atoms with E-state index in [2.05, 4.69) is 0 Å². The molecule has 0 saturated carbocycles. The van der Waals surface area contributed by atoms with Crippen LogP contribution in [0.4, 0.5) is 0 Å². The lowest BCUT2D eigenvalue weighted by Gasteiger charge is -2.12. The van der Waals surface area contributed by atoms with Gasteiger partial charge in [0.1, 0.15) is 23.1 Å². The number of ether oxygens (including phenoxy) is 2. The highest BCUT2D eigenvalue weighted by atomic mass is 16.5. The first kappa shape index (κ1) is 13.8. The second-order valence-corrected chi connectivity index (χ2v) is 3.70. The summed E-state index contributed by atoms with van der Waals surface area (Å²) < 4.78 is 10.6. The second kappa shape index (κ2) is 6.50. The van der Waals surface area contributed by atoms with Gasteiger partial charge in [-0.1, -0.05) is 6.92 Å². The fourth-order valence-electron chi connectivity index (χ4n) is 1.30. The molecule has 0 saturated heterocycles. The van der Waals surface area contributed by atoms with Gasteiger partial charge in [-0.15, -0.1) is 0 Å². The van der Waals surface area contributed by atoms with Gasteiger partial charge in [-0.3, -0.25) is 0 Å². The van der Waals surface area contributed by atoms with Crippen LogP contribution in [0, 0.1) is 11.3 Å². The van der Waals surface area contributed by atoms with Gasteiger partial charge in [-0.2, -0.15) is 5.26 Å². The first-order chi connectivity index (χ1) is 8.58. The maximum atomic E-state index is 11.0. The summed E-state index contributed by atoms with van der Waals surface area (Å²) >= 11 is 0. The van der Waals surface area contributed by atoms with Crippen molar-refractivity contribution in [3.05, 3.63) is 23.8 Å². The summed E-state index contributed by atoms with van der Waals surface area (Å²) in [5, 5.41) is 17.7. The highest BCUT2D eigenvalue weighted by molar-refractivity contribution is 5.91. The van der Waals surface area contributed by atoms with Gasteiger partial charge in [0, 0.05) is 6.07 Å². The summed E-state index contributed by atoms with van der Waals surface area (Å²) in [4.78, 5) is 11.0. The zero-order valence-corrected chi connectivity index (χ0v) is 10.3. The first-order valence-electron chi connectivity index (χ1n) is 5.65. The number of hydrogen-bond acceptors (Lipinski definition) is 4. The molecule has 1 rings (SSSR count). The van der Waals surface area contributed by atoms with Crippen molar-refractivity contribution in [3.8, 4) is 17.6 Å². The Hall–Kier alpha value is -2.22. The molecule has 1 N–H and O–H groups in total. The van der Waals surface area contributed by atoms with Gasteiger partial charge in [0.2, 0.25) is 0 Å². The largest absolute Gasteiger partial charge is 0.493 e. The van der Waals surface area contributed by atoms with Gasteiger partial charge in [0.15, 0.2) is 6.10 Å². The van der Waals surface area contributed by atoms with Gasteiger partial charge in [0.25, 0.3) is 0 Å². The number of nitriles is 1. The predicted octanol–water partition coefficient (Wildman–Crippen LogP) is 2.46. The number of aromatic carboxylic acids is 1. The Morgan fingerprint density at radius 1 is 1.56 bits per heavy atom. The van der Waals surface area contributed by atoms with Crippen LogP contribution in [0.1, 0.15) is 30.6 Å². The molecule has 0 heterocycles. The van der Waals surface area contributed by atoms with Crippen LogP contribution >= 0.6 is 0 Å². The average molecular weight is 249 g/mol. The average Bonchev–Trinajstić information content (AvgIpc) is 2.36. The Morgan fingerprint density at radius 3 is 2.83 bits per heavy atom. The first-order valence-corrected chi connectivity index (χ1v) is 5.65. The molecule has 0 amide bonds. The second-order valence-electron chi connectivity index (χ2n) is 3.70. The molecule has 1 aromatic carbocycles. The van der Waals surface area contributed by atoms with Crippen LogP contribution in [0.3, 0.4) is 0 Å². The van der Waals surface area contributed by atoms with Crippen LogP contribution in [-0.4, -0.2) is 23.8 Å². The molecule has 96 valence electrons. The number of hydrogen-bond donors (Lipinski definition) is 1. The molecule has 0 fully saturated rings. The number of carbonyl (C=O) groups is 1. The van der Waals surface area contributed by atoms with Crippen LogP contribution in [0.15, 0.2) is 18.2 Å². The highest BCUT2D eigenvalue weighted by Gasteiger charge is 2.14. The molecule has 18 heavy (non-hydrogen) atoms. The molecule has 5 heteroatoms. The minimum atomic E-state index is -1.10. The monoisotopic (exact) mass is 249 g/mol. The molecule has 0 aliphatic heterocycles. The van der Waals surface area contributed by atoms with E-state index in [1.807, 2.05) is 13.0 Å². The van der Waals surface area contributed by atoms with E-state index in [9.17, 15) is 4.79 Å². The third kappa shape index (κ3) is 3.67. The zero-order chi connectivity index (χ0) is 13.5. The number of carboxylic acid groups (broad SMARTS) is 1. The Bertz CT molecular complexity index is 465. The van der Waals surface area contributed by atoms with Gasteiger partial charge >= 0.3 is 5.97 Å². The van der Waals surface area contributed by atoms with E-state index in [1.165, 1.54) is 12.1 Å². The van der Waals surface area contributed by atoms with Gasteiger partial charge in [0.05, 0.1) is 6.61 Å². The molecule has 0 aromatic heterocycles.